The largest absolute Gasteiger partial charge is 0.480 e. The Morgan fingerprint density at radius 3 is 1.68 bits per heavy atom. The molecular weight excluding hydrogens is 912 g/mol. The van der Waals surface area contributed by atoms with Crippen LogP contribution in [0.15, 0.2) is 0 Å². The number of nitrogens with one attached hydrogen (secondary N) is 10. The van der Waals surface area contributed by atoms with Crippen molar-refractivity contribution in [3.8, 4) is 0 Å². The van der Waals surface area contributed by atoms with E-state index >= 15 is 0 Å². The summed E-state index contributed by atoms with van der Waals surface area (Å²) in [6.45, 7) is 1.86. The summed E-state index contributed by atoms with van der Waals surface area (Å²) in [4.78, 5) is 146. The van der Waals surface area contributed by atoms with Crippen molar-refractivity contribution in [2.24, 2.45) is 11.5 Å². The molecule has 0 aromatic carbocycles. The molecule has 0 aliphatic carbocycles. The molecule has 1 aliphatic heterocycles. The van der Waals surface area contributed by atoms with Crippen molar-refractivity contribution in [3.63, 3.8) is 0 Å². The maximum absolute atomic E-state index is 13.0. The van der Waals surface area contributed by atoms with E-state index in [0.717, 1.165) is 6.92 Å². The number of ether oxygens (including phenoxy) is 2. The van der Waals surface area contributed by atoms with Gasteiger partial charge in [-0.1, -0.05) is 0 Å². The molecular formula is C38H64N12O18. The summed E-state index contributed by atoms with van der Waals surface area (Å²) in [6, 6.07) is -6.82. The Morgan fingerprint density at radius 1 is 0.647 bits per heavy atom. The van der Waals surface area contributed by atoms with Gasteiger partial charge in [-0.15, -0.1) is 0 Å². The van der Waals surface area contributed by atoms with Gasteiger partial charge < -0.3 is 94.5 Å². The normalized spacial score (nSPS) is 19.7. The van der Waals surface area contributed by atoms with E-state index in [4.69, 9.17) is 20.9 Å². The van der Waals surface area contributed by atoms with E-state index in [0.29, 0.717) is 0 Å². The highest BCUT2D eigenvalue weighted by molar-refractivity contribution is 5.94. The highest BCUT2D eigenvalue weighted by atomic mass is 16.6. The number of unbranched alkanes of at least 4 members (excludes halogenated alkanes) is 1. The van der Waals surface area contributed by atoms with Gasteiger partial charge in [0.25, 0.3) is 0 Å². The minimum atomic E-state index is -1.73. The number of aliphatic hydroxyl groups is 3. The minimum absolute atomic E-state index is 0.0445. The second-order valence-electron chi connectivity index (χ2n) is 15.3. The number of hydrogen-bond donors (Lipinski definition) is 16. The molecule has 384 valence electrons. The molecule has 0 saturated carbocycles. The van der Waals surface area contributed by atoms with Gasteiger partial charge in [0, 0.05) is 19.9 Å². The SMILES string of the molecule is CC(=O)NC1C(O)OC(CO)C(O)C1OC(C)C(=O)NC(C)C(=O)NC(CCC(=O)NC(CCCCNC(=O)CNC(=O)CNC(=O)CNC(=O)CNC(=O)CN)C(=O)NC(C)C(=O)O)C(N)=O. The van der Waals surface area contributed by atoms with Crippen LogP contribution in [0.5, 0.6) is 0 Å². The van der Waals surface area contributed by atoms with Gasteiger partial charge in [0.2, 0.25) is 65.0 Å². The third kappa shape index (κ3) is 22.7. The molecule has 1 fully saturated rings. The van der Waals surface area contributed by atoms with Crippen LogP contribution in [0.2, 0.25) is 0 Å². The zero-order valence-corrected chi connectivity index (χ0v) is 37.9. The van der Waals surface area contributed by atoms with E-state index in [1.54, 1.807) is 0 Å². The van der Waals surface area contributed by atoms with Crippen molar-refractivity contribution >= 4 is 70.9 Å². The third-order valence-corrected chi connectivity index (χ3v) is 9.64. The first kappa shape index (κ1) is 59.4. The third-order valence-electron chi connectivity index (χ3n) is 9.64. The molecule has 1 saturated heterocycles. The van der Waals surface area contributed by atoms with E-state index in [1.807, 2.05) is 0 Å². The fourth-order valence-corrected chi connectivity index (χ4v) is 5.84. The molecule has 68 heavy (non-hydrogen) atoms. The highest BCUT2D eigenvalue weighted by Crippen LogP contribution is 2.24. The van der Waals surface area contributed by atoms with Crippen molar-refractivity contribution in [2.45, 2.75) is 121 Å². The van der Waals surface area contributed by atoms with Crippen molar-refractivity contribution in [3.05, 3.63) is 0 Å². The van der Waals surface area contributed by atoms with Crippen LogP contribution in [0.3, 0.4) is 0 Å². The van der Waals surface area contributed by atoms with Gasteiger partial charge >= 0.3 is 5.97 Å². The first-order valence-electron chi connectivity index (χ1n) is 21.2. The van der Waals surface area contributed by atoms with Gasteiger partial charge in [-0.2, -0.15) is 0 Å². The van der Waals surface area contributed by atoms with Crippen molar-refractivity contribution in [2.75, 3.05) is 45.9 Å². The Kier molecular flexibility index (Phi) is 26.8. The number of nitrogens with two attached hydrogens (primary N) is 2. The summed E-state index contributed by atoms with van der Waals surface area (Å²) in [5.41, 5.74) is 10.6. The van der Waals surface area contributed by atoms with E-state index in [9.17, 15) is 78.0 Å². The number of aliphatic carboxylic acids is 1. The van der Waals surface area contributed by atoms with E-state index in [-0.39, 0.29) is 32.4 Å². The lowest BCUT2D eigenvalue weighted by Gasteiger charge is -2.43. The molecule has 1 heterocycles. The van der Waals surface area contributed by atoms with Gasteiger partial charge in [-0.3, -0.25) is 57.5 Å². The molecule has 1 rings (SSSR count). The van der Waals surface area contributed by atoms with Gasteiger partial charge in [-0.25, -0.2) is 0 Å². The fourth-order valence-electron chi connectivity index (χ4n) is 5.84. The number of rotatable bonds is 30. The Bertz CT molecular complexity index is 1810. The average molecular weight is 977 g/mol. The minimum Gasteiger partial charge on any atom is -0.480 e. The molecule has 1 aliphatic rings. The van der Waals surface area contributed by atoms with E-state index < -0.39 is 177 Å². The predicted octanol–water partition coefficient (Wildman–Crippen LogP) is -9.63. The predicted molar refractivity (Wildman–Crippen MR) is 229 cm³/mol. The Morgan fingerprint density at radius 2 is 1.18 bits per heavy atom. The van der Waals surface area contributed by atoms with Gasteiger partial charge in [0.15, 0.2) is 6.29 Å². The summed E-state index contributed by atoms with van der Waals surface area (Å²) in [7, 11) is 0. The Balaban J connectivity index is 2.68. The molecule has 0 aromatic rings. The summed E-state index contributed by atoms with van der Waals surface area (Å²) in [6.07, 6.45) is -8.07. The maximum atomic E-state index is 13.0. The molecule has 30 heteroatoms. The standard InChI is InChI=1S/C38H64N12O18/c1-17(46-35(62)19(3)67-32-30(48-20(4)52)38(66)68-23(16-51)31(32)59)34(61)50-21(33(40)60)8-9-24(53)49-22(36(63)47-18(2)37(64)65)7-5-6-10-41-26(55)12-43-28(57)14-45-29(58)15-44-27(56)13-42-25(54)11-39/h17-19,21-23,30-32,38,51,59,66H,5-16,39H2,1-4H3,(H2,40,60)(H,41,55)(H,42,54)(H,43,57)(H,44,56)(H,45,58)(H,46,62)(H,47,63)(H,48,52)(H,49,53)(H,50,61)(H,64,65). The monoisotopic (exact) mass is 976 g/mol. The lowest BCUT2D eigenvalue weighted by molar-refractivity contribution is -0.266. The molecule has 11 amide bonds. The molecule has 0 bridgehead atoms. The van der Waals surface area contributed by atoms with E-state index in [2.05, 4.69) is 53.2 Å². The van der Waals surface area contributed by atoms with Crippen molar-refractivity contribution < 1.29 is 87.4 Å². The van der Waals surface area contributed by atoms with Gasteiger partial charge in [0.1, 0.15) is 54.6 Å². The van der Waals surface area contributed by atoms with Gasteiger partial charge in [0.05, 0.1) is 39.3 Å². The number of amides is 11. The summed E-state index contributed by atoms with van der Waals surface area (Å²) in [5, 5.41) is 62.9. The fraction of sp³-hybridized carbons (Fsp3) is 0.684. The number of carbonyl (C=O) groups excluding carboxylic acids is 11. The number of carboxylic acids is 1. The van der Waals surface area contributed by atoms with Crippen LogP contribution in [0.4, 0.5) is 0 Å². The second kappa shape index (κ2) is 30.6. The van der Waals surface area contributed by atoms with Crippen LogP contribution in [0.1, 0.15) is 59.8 Å². The molecule has 10 atom stereocenters. The summed E-state index contributed by atoms with van der Waals surface area (Å²) in [5.74, 6) is -9.91. The summed E-state index contributed by atoms with van der Waals surface area (Å²) < 4.78 is 10.7. The number of carboxylic acid groups (broad SMARTS) is 1. The first-order chi connectivity index (χ1) is 31.9. The number of carbonyl (C=O) groups is 12. The molecule has 0 spiro atoms. The van der Waals surface area contributed by atoms with Crippen LogP contribution >= 0.6 is 0 Å². The Labute approximate surface area is 389 Å². The zero-order chi connectivity index (χ0) is 51.7. The van der Waals surface area contributed by atoms with Crippen LogP contribution in [-0.4, -0.2) is 198 Å². The number of hydrogen-bond acceptors (Lipinski definition) is 18. The lowest BCUT2D eigenvalue weighted by atomic mass is 9.96. The first-order valence-corrected chi connectivity index (χ1v) is 21.2. The van der Waals surface area contributed by atoms with Crippen LogP contribution in [0.25, 0.3) is 0 Å². The van der Waals surface area contributed by atoms with Crippen molar-refractivity contribution in [1.82, 2.24) is 53.2 Å². The Hall–Kier alpha value is -6.60. The second-order valence-corrected chi connectivity index (χ2v) is 15.3. The quantitative estimate of drug-likeness (QED) is 0.0297. The molecule has 0 aromatic heterocycles. The number of aliphatic hydroxyl groups excluding tert-OH is 3. The molecule has 18 N–H and O–H groups in total. The topological polar surface area (TPSA) is 477 Å². The number of primary amides is 1. The molecule has 0 radical (unpaired) electrons. The highest BCUT2D eigenvalue weighted by Gasteiger charge is 2.47. The maximum Gasteiger partial charge on any atom is 0.325 e. The molecule has 10 unspecified atom stereocenters. The molecule has 30 nitrogen and oxygen atoms in total. The van der Waals surface area contributed by atoms with Crippen LogP contribution < -0.4 is 64.6 Å². The van der Waals surface area contributed by atoms with Crippen LogP contribution in [0, 0.1) is 0 Å². The average Bonchev–Trinajstić information content (AvgIpc) is 3.28. The van der Waals surface area contributed by atoms with Crippen molar-refractivity contribution in [1.29, 1.82) is 0 Å². The summed E-state index contributed by atoms with van der Waals surface area (Å²) >= 11 is 0. The smallest absolute Gasteiger partial charge is 0.325 e. The van der Waals surface area contributed by atoms with Crippen LogP contribution in [-0.2, 0) is 67.0 Å². The van der Waals surface area contributed by atoms with Gasteiger partial charge in [-0.05, 0) is 46.5 Å². The van der Waals surface area contributed by atoms with E-state index in [1.165, 1.54) is 20.8 Å². The lowest BCUT2D eigenvalue weighted by Crippen LogP contribution is -2.65. The zero-order valence-electron chi connectivity index (χ0n) is 37.9.